The Morgan fingerprint density at radius 1 is 1.15 bits per heavy atom. The predicted octanol–water partition coefficient (Wildman–Crippen LogP) is 5.50. The van der Waals surface area contributed by atoms with Gasteiger partial charge < -0.3 is 9.64 Å². The van der Waals surface area contributed by atoms with Crippen LogP contribution in [-0.4, -0.2) is 32.1 Å². The van der Waals surface area contributed by atoms with Gasteiger partial charge in [-0.15, -0.1) is 11.3 Å². The number of hydrogen-bond acceptors (Lipinski definition) is 3. The maximum absolute atomic E-state index is 5.59. The third kappa shape index (κ3) is 3.65. The second kappa shape index (κ2) is 7.81. The predicted molar refractivity (Wildman–Crippen MR) is 112 cm³/mol. The molecule has 0 aliphatic heterocycles. The van der Waals surface area contributed by atoms with E-state index in [-0.39, 0.29) is 0 Å². The highest BCUT2D eigenvalue weighted by atomic mass is 32.1. The lowest BCUT2D eigenvalue weighted by Crippen LogP contribution is -2.28. The first-order valence-electron chi connectivity index (χ1n) is 9.56. The maximum atomic E-state index is 5.59. The van der Waals surface area contributed by atoms with Crippen LogP contribution in [0.1, 0.15) is 34.8 Å². The van der Waals surface area contributed by atoms with E-state index in [1.807, 2.05) is 11.3 Å². The lowest BCUT2D eigenvalue weighted by Gasteiger charge is -2.30. The lowest BCUT2D eigenvalue weighted by atomic mass is 9.82. The summed E-state index contributed by atoms with van der Waals surface area (Å²) in [4.78, 5) is 3.99. The van der Waals surface area contributed by atoms with Crippen molar-refractivity contribution in [2.75, 3.05) is 27.2 Å². The van der Waals surface area contributed by atoms with E-state index >= 15 is 0 Å². The van der Waals surface area contributed by atoms with Crippen molar-refractivity contribution in [3.8, 4) is 5.75 Å². The number of fused-ring (bicyclic) bond motifs is 2. The quantitative estimate of drug-likeness (QED) is 0.571. The molecule has 2 nitrogen and oxygen atoms in total. The van der Waals surface area contributed by atoms with Crippen LogP contribution in [0.15, 0.2) is 48.5 Å². The van der Waals surface area contributed by atoms with E-state index in [4.69, 9.17) is 4.74 Å². The summed E-state index contributed by atoms with van der Waals surface area (Å²) in [6.45, 7) is 2.24. The summed E-state index contributed by atoms with van der Waals surface area (Å²) in [7, 11) is 4.05. The Balaban J connectivity index is 1.40. The van der Waals surface area contributed by atoms with E-state index in [9.17, 15) is 0 Å². The summed E-state index contributed by atoms with van der Waals surface area (Å²) in [5.74, 6) is 1.70. The van der Waals surface area contributed by atoms with Gasteiger partial charge >= 0.3 is 0 Å². The van der Waals surface area contributed by atoms with E-state index in [2.05, 4.69) is 60.5 Å². The molecule has 4 rings (SSSR count). The zero-order chi connectivity index (χ0) is 17.9. The second-order valence-electron chi connectivity index (χ2n) is 7.38. The highest BCUT2D eigenvalue weighted by Crippen LogP contribution is 2.37. The van der Waals surface area contributed by atoms with Crippen LogP contribution in [0.4, 0.5) is 0 Å². The van der Waals surface area contributed by atoms with Crippen molar-refractivity contribution < 1.29 is 4.74 Å². The molecule has 0 unspecified atom stereocenters. The molecule has 26 heavy (non-hydrogen) atoms. The summed E-state index contributed by atoms with van der Waals surface area (Å²) in [6.07, 6.45) is 4.84. The van der Waals surface area contributed by atoms with Crippen LogP contribution in [0.5, 0.6) is 5.75 Å². The fourth-order valence-electron chi connectivity index (χ4n) is 4.22. The van der Waals surface area contributed by atoms with Gasteiger partial charge in [0, 0.05) is 22.7 Å². The van der Waals surface area contributed by atoms with Gasteiger partial charge in [0.05, 0.1) is 7.11 Å². The number of nitrogens with zero attached hydrogens (tertiary/aromatic N) is 1. The molecule has 0 spiro atoms. The maximum Gasteiger partial charge on any atom is 0.122 e. The number of likely N-dealkylation sites (N-methyl/N-ethyl adjacent to an activating group) is 1. The molecule has 1 aliphatic carbocycles. The molecule has 2 aromatic carbocycles. The second-order valence-corrected chi connectivity index (χ2v) is 8.55. The van der Waals surface area contributed by atoms with Gasteiger partial charge in [-0.25, -0.2) is 0 Å². The number of ether oxygens (including phenoxy) is 1. The van der Waals surface area contributed by atoms with Gasteiger partial charge in [-0.05, 0) is 73.4 Å². The SMILES string of the molecule is COc1cccc2c1CCC[C@H]2CN(C)CCc1cc2ccccc2s1. The molecule has 1 heterocycles. The average molecular weight is 366 g/mol. The van der Waals surface area contributed by atoms with Gasteiger partial charge in [0.2, 0.25) is 0 Å². The van der Waals surface area contributed by atoms with E-state index in [1.165, 1.54) is 38.9 Å². The van der Waals surface area contributed by atoms with Gasteiger partial charge in [-0.1, -0.05) is 30.3 Å². The third-order valence-corrected chi connectivity index (χ3v) is 6.73. The molecule has 0 saturated heterocycles. The van der Waals surface area contributed by atoms with Crippen molar-refractivity contribution in [3.05, 3.63) is 64.5 Å². The third-order valence-electron chi connectivity index (χ3n) is 5.56. The molecule has 3 aromatic rings. The van der Waals surface area contributed by atoms with Gasteiger partial charge in [0.1, 0.15) is 5.75 Å². The lowest BCUT2D eigenvalue weighted by molar-refractivity contribution is 0.300. The Hall–Kier alpha value is -1.84. The molecular formula is C23H27NOS. The minimum Gasteiger partial charge on any atom is -0.496 e. The van der Waals surface area contributed by atoms with E-state index in [1.54, 1.807) is 7.11 Å². The Morgan fingerprint density at radius 3 is 2.88 bits per heavy atom. The fraction of sp³-hybridized carbons (Fsp3) is 0.391. The van der Waals surface area contributed by atoms with Crippen molar-refractivity contribution in [1.29, 1.82) is 0 Å². The van der Waals surface area contributed by atoms with Gasteiger partial charge in [0.25, 0.3) is 0 Å². The molecule has 3 heteroatoms. The summed E-state index contributed by atoms with van der Waals surface area (Å²) < 4.78 is 6.99. The van der Waals surface area contributed by atoms with Crippen LogP contribution < -0.4 is 4.74 Å². The van der Waals surface area contributed by atoms with Crippen molar-refractivity contribution in [3.63, 3.8) is 0 Å². The van der Waals surface area contributed by atoms with E-state index < -0.39 is 0 Å². The smallest absolute Gasteiger partial charge is 0.122 e. The number of hydrogen-bond donors (Lipinski definition) is 0. The minimum absolute atomic E-state index is 0.626. The molecule has 136 valence electrons. The minimum atomic E-state index is 0.626. The van der Waals surface area contributed by atoms with Gasteiger partial charge in [-0.2, -0.15) is 0 Å². The summed E-state index contributed by atoms with van der Waals surface area (Å²) >= 11 is 1.94. The summed E-state index contributed by atoms with van der Waals surface area (Å²) in [5, 5.41) is 1.38. The summed E-state index contributed by atoms with van der Waals surface area (Å²) in [6, 6.07) is 17.6. The Bertz CT molecular complexity index is 852. The first-order valence-corrected chi connectivity index (χ1v) is 10.4. The normalized spacial score (nSPS) is 16.8. The van der Waals surface area contributed by atoms with Crippen molar-refractivity contribution >= 4 is 21.4 Å². The zero-order valence-electron chi connectivity index (χ0n) is 15.7. The largest absolute Gasteiger partial charge is 0.496 e. The van der Waals surface area contributed by atoms with Crippen LogP contribution in [0.2, 0.25) is 0 Å². The van der Waals surface area contributed by atoms with Crippen molar-refractivity contribution in [2.24, 2.45) is 0 Å². The zero-order valence-corrected chi connectivity index (χ0v) is 16.5. The first-order chi connectivity index (χ1) is 12.7. The van der Waals surface area contributed by atoms with E-state index in [0.717, 1.165) is 31.7 Å². The molecule has 1 aliphatic rings. The number of thiophene rings is 1. The van der Waals surface area contributed by atoms with Gasteiger partial charge in [-0.3, -0.25) is 0 Å². The fourth-order valence-corrected chi connectivity index (χ4v) is 5.28. The van der Waals surface area contributed by atoms with Crippen LogP contribution in [0, 0.1) is 0 Å². The molecule has 1 aromatic heterocycles. The Labute approximate surface area is 160 Å². The monoisotopic (exact) mass is 365 g/mol. The highest BCUT2D eigenvalue weighted by molar-refractivity contribution is 7.19. The van der Waals surface area contributed by atoms with E-state index in [0.29, 0.717) is 5.92 Å². The molecule has 0 N–H and O–H groups in total. The standard InChI is InChI=1S/C23H27NOS/c1-24(14-13-19-15-17-7-3-4-12-23(17)26-19)16-18-8-5-10-21-20(18)9-6-11-22(21)25-2/h3-4,6-7,9,11-12,15,18H,5,8,10,13-14,16H2,1-2H3/t18-/m0/s1. The first kappa shape index (κ1) is 17.6. The van der Waals surface area contributed by atoms with Gasteiger partial charge in [0.15, 0.2) is 0 Å². The average Bonchev–Trinajstić information content (AvgIpc) is 3.09. The topological polar surface area (TPSA) is 12.5 Å². The van der Waals surface area contributed by atoms with Crippen LogP contribution in [0.25, 0.3) is 10.1 Å². The molecule has 0 amide bonds. The Kier molecular flexibility index (Phi) is 5.28. The van der Waals surface area contributed by atoms with Crippen molar-refractivity contribution in [1.82, 2.24) is 4.90 Å². The van der Waals surface area contributed by atoms with Crippen LogP contribution >= 0.6 is 11.3 Å². The van der Waals surface area contributed by atoms with Crippen LogP contribution in [-0.2, 0) is 12.8 Å². The molecule has 0 bridgehead atoms. The number of methoxy groups -OCH3 is 1. The van der Waals surface area contributed by atoms with Crippen molar-refractivity contribution in [2.45, 2.75) is 31.6 Å². The highest BCUT2D eigenvalue weighted by Gasteiger charge is 2.23. The number of benzene rings is 2. The molecule has 0 fully saturated rings. The molecule has 0 radical (unpaired) electrons. The number of rotatable bonds is 6. The van der Waals surface area contributed by atoms with Crippen LogP contribution in [0.3, 0.4) is 0 Å². The molecule has 0 saturated carbocycles. The Morgan fingerprint density at radius 2 is 2.04 bits per heavy atom. The summed E-state index contributed by atoms with van der Waals surface area (Å²) in [5.41, 5.74) is 2.94. The molecule has 1 atom stereocenters. The molecular weight excluding hydrogens is 338 g/mol.